The van der Waals surface area contributed by atoms with Crippen molar-refractivity contribution < 1.29 is 9.90 Å². The molecular weight excluding hydrogens is 302 g/mol. The van der Waals surface area contributed by atoms with Gasteiger partial charge in [-0.25, -0.2) is 4.79 Å². The van der Waals surface area contributed by atoms with Crippen LogP contribution in [0.1, 0.15) is 36.8 Å². The van der Waals surface area contributed by atoms with E-state index in [0.29, 0.717) is 12.6 Å². The van der Waals surface area contributed by atoms with E-state index in [9.17, 15) is 9.90 Å². The number of aryl methyl sites for hydroxylation is 1. The van der Waals surface area contributed by atoms with Crippen LogP contribution in [-0.4, -0.2) is 60.7 Å². The number of fused-ring (bicyclic) bond motifs is 1. The number of likely N-dealkylation sites (tertiary alicyclic amines) is 1. The molecular formula is C19H29N3O2. The lowest BCUT2D eigenvalue weighted by atomic mass is 9.79. The molecule has 0 bridgehead atoms. The summed E-state index contributed by atoms with van der Waals surface area (Å²) in [5.74, 6) is 0. The van der Waals surface area contributed by atoms with Gasteiger partial charge in [-0.05, 0) is 43.2 Å². The van der Waals surface area contributed by atoms with Crippen molar-refractivity contribution in [2.75, 3.05) is 33.7 Å². The molecule has 2 amide bonds. The minimum absolute atomic E-state index is 0.0910. The smallest absolute Gasteiger partial charge is 0.319 e. The van der Waals surface area contributed by atoms with Crippen LogP contribution in [0.15, 0.2) is 24.3 Å². The van der Waals surface area contributed by atoms with Crippen molar-refractivity contribution in [1.82, 2.24) is 15.1 Å². The van der Waals surface area contributed by atoms with Crippen molar-refractivity contribution >= 4 is 6.03 Å². The minimum Gasteiger partial charge on any atom is -0.384 e. The zero-order valence-corrected chi connectivity index (χ0v) is 14.8. The van der Waals surface area contributed by atoms with Gasteiger partial charge in [0.1, 0.15) is 5.60 Å². The number of urea groups is 1. The Morgan fingerprint density at radius 1 is 1.33 bits per heavy atom. The summed E-state index contributed by atoms with van der Waals surface area (Å²) in [5.41, 5.74) is 1.61. The molecule has 2 N–H and O–H groups in total. The Morgan fingerprint density at radius 3 is 2.75 bits per heavy atom. The van der Waals surface area contributed by atoms with Crippen LogP contribution in [-0.2, 0) is 12.0 Å². The summed E-state index contributed by atoms with van der Waals surface area (Å²) in [7, 11) is 3.59. The molecule has 1 aliphatic carbocycles. The molecule has 24 heavy (non-hydrogen) atoms. The molecule has 1 atom stereocenters. The number of piperidine rings is 1. The number of hydrogen-bond donors (Lipinski definition) is 2. The number of aliphatic hydroxyl groups is 1. The van der Waals surface area contributed by atoms with Crippen LogP contribution in [0.2, 0.25) is 0 Å². The zero-order valence-electron chi connectivity index (χ0n) is 14.8. The van der Waals surface area contributed by atoms with Gasteiger partial charge in [0.25, 0.3) is 0 Å². The maximum absolute atomic E-state index is 12.0. The van der Waals surface area contributed by atoms with Crippen molar-refractivity contribution in [3.63, 3.8) is 0 Å². The summed E-state index contributed by atoms with van der Waals surface area (Å²) in [4.78, 5) is 15.5. The van der Waals surface area contributed by atoms with E-state index in [2.05, 4.69) is 23.5 Å². The monoisotopic (exact) mass is 331 g/mol. The number of rotatable bonds is 3. The van der Waals surface area contributed by atoms with E-state index in [-0.39, 0.29) is 6.03 Å². The summed E-state index contributed by atoms with van der Waals surface area (Å²) in [5, 5.41) is 14.7. The van der Waals surface area contributed by atoms with Gasteiger partial charge in [0.2, 0.25) is 0 Å². The maximum Gasteiger partial charge on any atom is 0.319 e. The van der Waals surface area contributed by atoms with Crippen LogP contribution in [0.4, 0.5) is 4.79 Å². The molecule has 2 aliphatic rings. The predicted molar refractivity (Wildman–Crippen MR) is 95.0 cm³/mol. The molecule has 5 heteroatoms. The molecule has 0 spiro atoms. The highest BCUT2D eigenvalue weighted by Gasteiger charge is 2.35. The SMILES string of the molecule is CN(C)C(=O)N1CCC(NCC2(O)CCCc3ccccc32)CC1. The lowest BCUT2D eigenvalue weighted by Crippen LogP contribution is -2.50. The lowest BCUT2D eigenvalue weighted by molar-refractivity contribution is 0.0146. The molecule has 0 saturated carbocycles. The Balaban J connectivity index is 1.55. The van der Waals surface area contributed by atoms with E-state index in [1.165, 1.54) is 5.56 Å². The molecule has 1 saturated heterocycles. The standard InChI is InChI=1S/C19H29N3O2/c1-21(2)18(23)22-12-9-16(10-13-22)20-14-19(24)11-5-7-15-6-3-4-8-17(15)19/h3-4,6,8,16,20,24H,5,7,9-14H2,1-2H3. The zero-order chi connectivity index (χ0) is 17.2. The van der Waals surface area contributed by atoms with Crippen LogP contribution in [0.25, 0.3) is 0 Å². The number of carbonyl (C=O) groups excluding carboxylic acids is 1. The first-order valence-corrected chi connectivity index (χ1v) is 9.00. The predicted octanol–water partition coefficient (Wildman–Crippen LogP) is 1.95. The van der Waals surface area contributed by atoms with Crippen LogP contribution in [0.5, 0.6) is 0 Å². The molecule has 1 unspecified atom stereocenters. The number of nitrogens with zero attached hydrogens (tertiary/aromatic N) is 2. The third-order valence-electron chi connectivity index (χ3n) is 5.39. The van der Waals surface area contributed by atoms with E-state index in [1.54, 1.807) is 19.0 Å². The summed E-state index contributed by atoms with van der Waals surface area (Å²) in [6.07, 6.45) is 4.79. The minimum atomic E-state index is -0.758. The van der Waals surface area contributed by atoms with E-state index in [1.807, 2.05) is 11.0 Å². The fourth-order valence-corrected chi connectivity index (χ4v) is 3.95. The molecule has 1 aliphatic heterocycles. The van der Waals surface area contributed by atoms with Crippen LogP contribution in [0, 0.1) is 0 Å². The Morgan fingerprint density at radius 2 is 2.04 bits per heavy atom. The number of hydrogen-bond acceptors (Lipinski definition) is 3. The van der Waals surface area contributed by atoms with Gasteiger partial charge >= 0.3 is 6.03 Å². The summed E-state index contributed by atoms with van der Waals surface area (Å²) in [6.45, 7) is 2.16. The third-order valence-corrected chi connectivity index (χ3v) is 5.39. The largest absolute Gasteiger partial charge is 0.384 e. The molecule has 3 rings (SSSR count). The second kappa shape index (κ2) is 7.11. The number of nitrogens with one attached hydrogen (secondary N) is 1. The van der Waals surface area contributed by atoms with Crippen molar-refractivity contribution in [2.45, 2.75) is 43.7 Å². The Bertz CT molecular complexity index is 582. The van der Waals surface area contributed by atoms with E-state index in [0.717, 1.165) is 50.8 Å². The normalized spacial score (nSPS) is 24.5. The second-order valence-electron chi connectivity index (χ2n) is 7.36. The van der Waals surface area contributed by atoms with Gasteiger partial charge in [0.15, 0.2) is 0 Å². The Kier molecular flexibility index (Phi) is 5.11. The van der Waals surface area contributed by atoms with Crippen molar-refractivity contribution in [1.29, 1.82) is 0 Å². The quantitative estimate of drug-likeness (QED) is 0.890. The van der Waals surface area contributed by atoms with Crippen molar-refractivity contribution in [2.24, 2.45) is 0 Å². The first kappa shape index (κ1) is 17.2. The van der Waals surface area contributed by atoms with Gasteiger partial charge in [-0.2, -0.15) is 0 Å². The topological polar surface area (TPSA) is 55.8 Å². The fourth-order valence-electron chi connectivity index (χ4n) is 3.95. The molecule has 132 valence electrons. The first-order valence-electron chi connectivity index (χ1n) is 9.00. The Labute approximate surface area is 144 Å². The summed E-state index contributed by atoms with van der Waals surface area (Å²) >= 11 is 0. The van der Waals surface area contributed by atoms with E-state index in [4.69, 9.17) is 0 Å². The van der Waals surface area contributed by atoms with E-state index >= 15 is 0 Å². The Hall–Kier alpha value is -1.59. The maximum atomic E-state index is 12.0. The highest BCUT2D eigenvalue weighted by atomic mass is 16.3. The molecule has 1 aromatic rings. The number of benzene rings is 1. The van der Waals surface area contributed by atoms with Gasteiger partial charge in [0.05, 0.1) is 0 Å². The summed E-state index contributed by atoms with van der Waals surface area (Å²) in [6, 6.07) is 8.72. The van der Waals surface area contributed by atoms with Crippen LogP contribution in [0.3, 0.4) is 0 Å². The van der Waals surface area contributed by atoms with Gasteiger partial charge < -0.3 is 20.2 Å². The van der Waals surface area contributed by atoms with Crippen LogP contribution < -0.4 is 5.32 Å². The molecule has 1 heterocycles. The average molecular weight is 331 g/mol. The fraction of sp³-hybridized carbons (Fsp3) is 0.632. The molecule has 5 nitrogen and oxygen atoms in total. The van der Waals surface area contributed by atoms with Gasteiger partial charge in [0, 0.05) is 39.8 Å². The van der Waals surface area contributed by atoms with Crippen LogP contribution >= 0.6 is 0 Å². The van der Waals surface area contributed by atoms with Crippen molar-refractivity contribution in [3.05, 3.63) is 35.4 Å². The number of amides is 2. The number of carbonyl (C=O) groups is 1. The van der Waals surface area contributed by atoms with Crippen molar-refractivity contribution in [3.8, 4) is 0 Å². The highest BCUT2D eigenvalue weighted by Crippen LogP contribution is 2.34. The first-order chi connectivity index (χ1) is 11.5. The average Bonchev–Trinajstić information content (AvgIpc) is 2.60. The van der Waals surface area contributed by atoms with Gasteiger partial charge in [-0.15, -0.1) is 0 Å². The molecule has 0 radical (unpaired) electrons. The second-order valence-corrected chi connectivity index (χ2v) is 7.36. The molecule has 1 fully saturated rings. The molecule has 0 aromatic heterocycles. The third kappa shape index (κ3) is 3.57. The van der Waals surface area contributed by atoms with Gasteiger partial charge in [-0.1, -0.05) is 24.3 Å². The van der Waals surface area contributed by atoms with Gasteiger partial charge in [-0.3, -0.25) is 0 Å². The lowest BCUT2D eigenvalue weighted by Gasteiger charge is -2.38. The molecule has 1 aromatic carbocycles. The highest BCUT2D eigenvalue weighted by molar-refractivity contribution is 5.73. The summed E-state index contributed by atoms with van der Waals surface area (Å²) < 4.78 is 0. The van der Waals surface area contributed by atoms with E-state index < -0.39 is 5.60 Å².